The summed E-state index contributed by atoms with van der Waals surface area (Å²) in [5, 5.41) is 2.87. The smallest absolute Gasteiger partial charge is 0.127 e. The van der Waals surface area contributed by atoms with Crippen LogP contribution in [0.4, 0.5) is 0 Å². The topological polar surface area (TPSA) is 18.5 Å². The second kappa shape index (κ2) is 13.2. The molecule has 44 heavy (non-hydrogen) atoms. The van der Waals surface area contributed by atoms with E-state index in [1.54, 1.807) is 0 Å². The summed E-state index contributed by atoms with van der Waals surface area (Å²) in [6.45, 7) is 17.2. The van der Waals surface area contributed by atoms with Gasteiger partial charge in [-0.1, -0.05) is 60.7 Å². The van der Waals surface area contributed by atoms with Crippen molar-refractivity contribution in [3.05, 3.63) is 154 Å². The third-order valence-corrected chi connectivity index (χ3v) is 8.46. The van der Waals surface area contributed by atoms with Crippen LogP contribution >= 0.6 is 0 Å². The Labute approximate surface area is 262 Å². The van der Waals surface area contributed by atoms with Crippen LogP contribution in [0.1, 0.15) is 44.5 Å². The maximum Gasteiger partial charge on any atom is 0.127 e. The fraction of sp³-hybridized carbons (Fsp3) is 0.190. The molecule has 222 valence electrons. The molecule has 0 aliphatic carbocycles. The van der Waals surface area contributed by atoms with Gasteiger partial charge in [-0.3, -0.25) is 0 Å². The maximum atomic E-state index is 5.99. The number of hydrogen-bond acceptors (Lipinski definition) is 2. The highest BCUT2D eigenvalue weighted by Gasteiger charge is 2.06. The van der Waals surface area contributed by atoms with E-state index in [-0.39, 0.29) is 0 Å². The predicted molar refractivity (Wildman–Crippen MR) is 187 cm³/mol. The molecule has 2 heteroatoms. The lowest BCUT2D eigenvalue weighted by Crippen LogP contribution is -1.89. The number of ether oxygens (including phenoxy) is 2. The molecule has 0 bridgehead atoms. The van der Waals surface area contributed by atoms with E-state index in [2.05, 4.69) is 128 Å². The first kappa shape index (κ1) is 30.6. The zero-order valence-corrected chi connectivity index (χ0v) is 27.2. The average molecular weight is 579 g/mol. The summed E-state index contributed by atoms with van der Waals surface area (Å²) in [5.41, 5.74) is 12.8. The van der Waals surface area contributed by atoms with E-state index in [0.29, 0.717) is 0 Å². The Balaban J connectivity index is 0.000000229. The molecule has 2 nitrogen and oxygen atoms in total. The molecule has 0 unspecified atom stereocenters. The zero-order valence-electron chi connectivity index (χ0n) is 27.2. The van der Waals surface area contributed by atoms with Gasteiger partial charge in [0.15, 0.2) is 0 Å². The molecule has 0 radical (unpaired) electrons. The maximum absolute atomic E-state index is 5.99. The van der Waals surface area contributed by atoms with Crippen molar-refractivity contribution in [2.75, 3.05) is 0 Å². The van der Waals surface area contributed by atoms with Gasteiger partial charge in [0.05, 0.1) is 0 Å². The largest absolute Gasteiger partial charge is 0.457 e. The van der Waals surface area contributed by atoms with Gasteiger partial charge in [-0.2, -0.15) is 0 Å². The van der Waals surface area contributed by atoms with Gasteiger partial charge in [0.2, 0.25) is 0 Å². The third-order valence-electron chi connectivity index (χ3n) is 8.46. The highest BCUT2D eigenvalue weighted by Crippen LogP contribution is 2.30. The highest BCUT2D eigenvalue weighted by molar-refractivity contribution is 5.93. The van der Waals surface area contributed by atoms with Gasteiger partial charge in [0.1, 0.15) is 23.0 Å². The standard InChI is InChI=1S/C28H26O2.C14H16/c1-19-5-11-27(17-21(19)3)29-25-13-7-23(8-14-25)24-9-15-26(16-10-24)30-28-12-6-20(2)22(4)18-28;1-9-5-6-11(3)14-12(4)8-7-10(2)13(9)14/h5-18H,1-4H3;5-8H,1-4H3. The van der Waals surface area contributed by atoms with Crippen LogP contribution in [0.2, 0.25) is 0 Å². The van der Waals surface area contributed by atoms with Crippen LogP contribution in [0.5, 0.6) is 23.0 Å². The summed E-state index contributed by atoms with van der Waals surface area (Å²) in [5.74, 6) is 3.38. The minimum Gasteiger partial charge on any atom is -0.457 e. The Morgan fingerprint density at radius 1 is 0.273 bits per heavy atom. The van der Waals surface area contributed by atoms with Crippen molar-refractivity contribution >= 4 is 10.8 Å². The van der Waals surface area contributed by atoms with Crippen molar-refractivity contribution in [1.29, 1.82) is 0 Å². The van der Waals surface area contributed by atoms with Gasteiger partial charge in [-0.25, -0.2) is 0 Å². The molecule has 0 saturated carbocycles. The lowest BCUT2D eigenvalue weighted by atomic mass is 9.94. The summed E-state index contributed by atoms with van der Waals surface area (Å²) in [6, 6.07) is 37.5. The van der Waals surface area contributed by atoms with Crippen LogP contribution in [0.3, 0.4) is 0 Å². The Kier molecular flexibility index (Phi) is 9.20. The molecule has 0 atom stereocenters. The van der Waals surface area contributed by atoms with Crippen molar-refractivity contribution < 1.29 is 9.47 Å². The Bertz CT molecular complexity index is 1730. The van der Waals surface area contributed by atoms with E-state index in [1.165, 1.54) is 55.3 Å². The van der Waals surface area contributed by atoms with E-state index >= 15 is 0 Å². The number of rotatable bonds is 5. The van der Waals surface area contributed by atoms with Gasteiger partial charge < -0.3 is 9.47 Å². The summed E-state index contributed by atoms with van der Waals surface area (Å²) >= 11 is 0. The molecule has 6 aromatic carbocycles. The van der Waals surface area contributed by atoms with E-state index < -0.39 is 0 Å². The van der Waals surface area contributed by atoms with Crippen LogP contribution in [-0.4, -0.2) is 0 Å². The molecule has 0 aliphatic rings. The fourth-order valence-corrected chi connectivity index (χ4v) is 5.50. The molecule has 0 N–H and O–H groups in total. The molecule has 0 heterocycles. The summed E-state index contributed by atoms with van der Waals surface area (Å²) in [6.07, 6.45) is 0. The highest BCUT2D eigenvalue weighted by atomic mass is 16.5. The first-order valence-electron chi connectivity index (χ1n) is 15.3. The predicted octanol–water partition coefficient (Wildman–Crippen LogP) is 12.2. The third kappa shape index (κ3) is 7.03. The molecule has 6 aromatic rings. The molecule has 0 spiro atoms. The quantitative estimate of drug-likeness (QED) is 0.203. The van der Waals surface area contributed by atoms with Crippen molar-refractivity contribution in [3.8, 4) is 34.1 Å². The van der Waals surface area contributed by atoms with Crippen molar-refractivity contribution in [3.63, 3.8) is 0 Å². The van der Waals surface area contributed by atoms with E-state index in [1.807, 2.05) is 36.4 Å². The fourth-order valence-electron chi connectivity index (χ4n) is 5.50. The van der Waals surface area contributed by atoms with Crippen molar-refractivity contribution in [1.82, 2.24) is 0 Å². The molecular formula is C42H42O2. The van der Waals surface area contributed by atoms with E-state index in [0.717, 1.165) is 34.1 Å². The Morgan fingerprint density at radius 3 is 0.841 bits per heavy atom. The molecular weight excluding hydrogens is 536 g/mol. The molecule has 0 saturated heterocycles. The van der Waals surface area contributed by atoms with Gasteiger partial charge >= 0.3 is 0 Å². The lowest BCUT2D eigenvalue weighted by molar-refractivity contribution is 0.481. The number of aryl methyl sites for hydroxylation is 8. The van der Waals surface area contributed by atoms with Crippen LogP contribution in [0.25, 0.3) is 21.9 Å². The second-order valence-electron chi connectivity index (χ2n) is 11.9. The zero-order chi connectivity index (χ0) is 31.4. The SMILES string of the molecule is Cc1ccc(C)c2c(C)ccc(C)c12.Cc1ccc(Oc2ccc(-c3ccc(Oc4ccc(C)c(C)c4)cc3)cc2)cc1C. The van der Waals surface area contributed by atoms with Crippen molar-refractivity contribution in [2.24, 2.45) is 0 Å². The van der Waals surface area contributed by atoms with E-state index in [9.17, 15) is 0 Å². The van der Waals surface area contributed by atoms with Gasteiger partial charge in [-0.15, -0.1) is 0 Å². The van der Waals surface area contributed by atoms with Gasteiger partial charge in [0, 0.05) is 0 Å². The Hall–Kier alpha value is -4.82. The molecule has 0 aromatic heterocycles. The van der Waals surface area contributed by atoms with Crippen molar-refractivity contribution in [2.45, 2.75) is 55.4 Å². The first-order chi connectivity index (χ1) is 21.1. The average Bonchev–Trinajstić information content (AvgIpc) is 3.01. The lowest BCUT2D eigenvalue weighted by Gasteiger charge is -2.11. The molecule has 6 rings (SSSR count). The first-order valence-corrected chi connectivity index (χ1v) is 15.3. The van der Waals surface area contributed by atoms with Gasteiger partial charge in [0.25, 0.3) is 0 Å². The summed E-state index contributed by atoms with van der Waals surface area (Å²) < 4.78 is 12.0. The number of hydrogen-bond donors (Lipinski definition) is 0. The summed E-state index contributed by atoms with van der Waals surface area (Å²) in [7, 11) is 0. The monoisotopic (exact) mass is 578 g/mol. The van der Waals surface area contributed by atoms with Crippen LogP contribution in [-0.2, 0) is 0 Å². The normalized spacial score (nSPS) is 10.7. The molecule has 0 amide bonds. The van der Waals surface area contributed by atoms with E-state index in [4.69, 9.17) is 9.47 Å². The second-order valence-corrected chi connectivity index (χ2v) is 11.9. The molecule has 0 fully saturated rings. The van der Waals surface area contributed by atoms with Crippen LogP contribution in [0.15, 0.2) is 109 Å². The molecule has 0 aliphatic heterocycles. The minimum absolute atomic E-state index is 0.830. The summed E-state index contributed by atoms with van der Waals surface area (Å²) in [4.78, 5) is 0. The minimum atomic E-state index is 0.830. The number of benzene rings is 6. The number of fused-ring (bicyclic) bond motifs is 1. The van der Waals surface area contributed by atoms with Crippen LogP contribution in [0, 0.1) is 55.4 Å². The Morgan fingerprint density at radius 2 is 0.545 bits per heavy atom. The van der Waals surface area contributed by atoms with Crippen LogP contribution < -0.4 is 9.47 Å². The van der Waals surface area contributed by atoms with Gasteiger partial charge in [-0.05, 0) is 170 Å².